The number of carboxylic acid groups (broad SMARTS) is 1. The lowest BCUT2D eigenvalue weighted by molar-refractivity contribution is -0.274. The van der Waals surface area contributed by atoms with Gasteiger partial charge in [0.05, 0.1) is 11.8 Å². The van der Waals surface area contributed by atoms with Crippen molar-refractivity contribution >= 4 is 11.8 Å². The lowest BCUT2D eigenvalue weighted by atomic mass is 10.1. The number of aromatic nitrogens is 2. The molecule has 1 aliphatic heterocycles. The summed E-state index contributed by atoms with van der Waals surface area (Å²) in [5.41, 5.74) is 0.936. The highest BCUT2D eigenvalue weighted by atomic mass is 19.4. The van der Waals surface area contributed by atoms with Gasteiger partial charge in [0, 0.05) is 25.9 Å². The van der Waals surface area contributed by atoms with Gasteiger partial charge in [-0.05, 0) is 36.8 Å². The molecule has 0 unspecified atom stereocenters. The largest absolute Gasteiger partial charge is 0.573 e. The van der Waals surface area contributed by atoms with Crippen LogP contribution in [0.1, 0.15) is 25.3 Å². The van der Waals surface area contributed by atoms with Crippen LogP contribution in [0.4, 0.5) is 18.0 Å². The molecule has 3 rings (SSSR count). The van der Waals surface area contributed by atoms with Crippen LogP contribution >= 0.6 is 0 Å². The molecular weight excluding hydrogens is 421 g/mol. The van der Waals surface area contributed by atoms with Crippen molar-refractivity contribution in [2.45, 2.75) is 32.2 Å². The molecule has 2 aromatic rings. The van der Waals surface area contributed by atoms with Crippen molar-refractivity contribution in [3.8, 4) is 17.5 Å². The van der Waals surface area contributed by atoms with Crippen LogP contribution in [0.15, 0.2) is 41.8 Å². The van der Waals surface area contributed by atoms with E-state index in [-0.39, 0.29) is 23.6 Å². The summed E-state index contributed by atoms with van der Waals surface area (Å²) in [6, 6.07) is 6.63. The maximum Gasteiger partial charge on any atom is 0.573 e. The van der Waals surface area contributed by atoms with Crippen molar-refractivity contribution in [3.05, 3.63) is 42.2 Å². The van der Waals surface area contributed by atoms with E-state index in [4.69, 9.17) is 14.7 Å². The molecule has 2 heterocycles. The van der Waals surface area contributed by atoms with Gasteiger partial charge in [-0.1, -0.05) is 5.16 Å². The van der Waals surface area contributed by atoms with Crippen molar-refractivity contribution in [2.24, 2.45) is 5.16 Å². The Bertz CT molecular complexity index is 929. The van der Waals surface area contributed by atoms with Gasteiger partial charge in [-0.3, -0.25) is 0 Å². The van der Waals surface area contributed by atoms with Gasteiger partial charge in [-0.15, -0.1) is 13.2 Å². The number of piperidine rings is 1. The standard InChI is InChI=1S/C19H19F3N4O5/c1-12(13-2-4-15(5-3-13)30-19(20,21)22)25-31-17-10-16(23-11-24-17)29-14-6-8-26(9-7-14)18(27)28/h2-5,10-11,14H,6-9H2,1H3,(H,27,28)/b25-12-. The number of oxime groups is 1. The van der Waals surface area contributed by atoms with Crippen molar-refractivity contribution in [1.82, 2.24) is 14.9 Å². The molecule has 9 nitrogen and oxygen atoms in total. The van der Waals surface area contributed by atoms with Gasteiger partial charge >= 0.3 is 12.5 Å². The van der Waals surface area contributed by atoms with Crippen LogP contribution in [-0.4, -0.2) is 57.3 Å². The molecule has 166 valence electrons. The van der Waals surface area contributed by atoms with E-state index in [1.54, 1.807) is 6.92 Å². The zero-order chi connectivity index (χ0) is 22.4. The van der Waals surface area contributed by atoms with Crippen molar-refractivity contribution in [1.29, 1.82) is 0 Å². The molecule has 1 aliphatic rings. The average Bonchev–Trinajstić information content (AvgIpc) is 2.72. The third kappa shape index (κ3) is 6.73. The summed E-state index contributed by atoms with van der Waals surface area (Å²) in [4.78, 5) is 25.5. The first kappa shape index (κ1) is 22.1. The fourth-order valence-electron chi connectivity index (χ4n) is 2.84. The van der Waals surface area contributed by atoms with E-state index in [0.29, 0.717) is 37.2 Å². The van der Waals surface area contributed by atoms with Crippen LogP contribution in [0.2, 0.25) is 0 Å². The van der Waals surface area contributed by atoms with E-state index in [9.17, 15) is 18.0 Å². The van der Waals surface area contributed by atoms with Crippen molar-refractivity contribution < 1.29 is 37.4 Å². The highest BCUT2D eigenvalue weighted by Gasteiger charge is 2.31. The zero-order valence-electron chi connectivity index (χ0n) is 16.4. The summed E-state index contributed by atoms with van der Waals surface area (Å²) in [6.45, 7) is 2.38. The van der Waals surface area contributed by atoms with Gasteiger partial charge in [0.1, 0.15) is 18.2 Å². The van der Waals surface area contributed by atoms with Gasteiger partial charge in [0.15, 0.2) is 0 Å². The Kier molecular flexibility index (Phi) is 6.78. The molecule has 0 saturated carbocycles. The first-order valence-electron chi connectivity index (χ1n) is 9.24. The summed E-state index contributed by atoms with van der Waals surface area (Å²) < 4.78 is 46.3. The molecule has 0 radical (unpaired) electrons. The molecule has 31 heavy (non-hydrogen) atoms. The van der Waals surface area contributed by atoms with Gasteiger partial charge in [0.2, 0.25) is 5.88 Å². The van der Waals surface area contributed by atoms with Crippen LogP contribution in [0.5, 0.6) is 17.5 Å². The second kappa shape index (κ2) is 9.49. The van der Waals surface area contributed by atoms with Gasteiger partial charge < -0.3 is 24.3 Å². The summed E-state index contributed by atoms with van der Waals surface area (Å²) in [6.07, 6.45) is -3.57. The lowest BCUT2D eigenvalue weighted by Crippen LogP contribution is -2.41. The molecule has 12 heteroatoms. The molecular formula is C19H19F3N4O5. The highest BCUT2D eigenvalue weighted by molar-refractivity contribution is 5.98. The Balaban J connectivity index is 1.56. The zero-order valence-corrected chi connectivity index (χ0v) is 16.4. The van der Waals surface area contributed by atoms with E-state index in [2.05, 4.69) is 19.9 Å². The number of alkyl halides is 3. The molecule has 1 saturated heterocycles. The number of halogens is 3. The van der Waals surface area contributed by atoms with Crippen LogP contribution in [0.25, 0.3) is 0 Å². The van der Waals surface area contributed by atoms with Crippen LogP contribution < -0.4 is 14.3 Å². The Morgan fingerprint density at radius 3 is 2.42 bits per heavy atom. The SMILES string of the molecule is C/C(=N/Oc1cc(OC2CCN(C(=O)O)CC2)ncn1)c1ccc(OC(F)(F)F)cc1. The van der Waals surface area contributed by atoms with Crippen molar-refractivity contribution in [2.75, 3.05) is 13.1 Å². The molecule has 1 fully saturated rings. The van der Waals surface area contributed by atoms with Crippen LogP contribution in [0.3, 0.4) is 0 Å². The third-order valence-electron chi connectivity index (χ3n) is 4.40. The first-order chi connectivity index (χ1) is 14.7. The molecule has 0 atom stereocenters. The lowest BCUT2D eigenvalue weighted by Gasteiger charge is -2.29. The number of hydrogen-bond acceptors (Lipinski definition) is 7. The predicted molar refractivity (Wildman–Crippen MR) is 101 cm³/mol. The Hall–Kier alpha value is -3.57. The minimum atomic E-state index is -4.76. The molecule has 1 amide bonds. The molecule has 1 aromatic carbocycles. The molecule has 1 aromatic heterocycles. The second-order valence-corrected chi connectivity index (χ2v) is 6.62. The Morgan fingerprint density at radius 2 is 1.81 bits per heavy atom. The quantitative estimate of drug-likeness (QED) is 0.539. The number of nitrogens with zero attached hydrogens (tertiary/aromatic N) is 4. The number of hydrogen-bond donors (Lipinski definition) is 1. The second-order valence-electron chi connectivity index (χ2n) is 6.62. The molecule has 1 N–H and O–H groups in total. The fraction of sp³-hybridized carbons (Fsp3) is 0.368. The summed E-state index contributed by atoms with van der Waals surface area (Å²) in [5.74, 6) is 0.0429. The first-order valence-corrected chi connectivity index (χ1v) is 9.24. The maximum absolute atomic E-state index is 12.2. The molecule has 0 aliphatic carbocycles. The van der Waals surface area contributed by atoms with E-state index < -0.39 is 12.5 Å². The average molecular weight is 440 g/mol. The Morgan fingerprint density at radius 1 is 1.16 bits per heavy atom. The van der Waals surface area contributed by atoms with Gasteiger partial charge in [0.25, 0.3) is 5.88 Å². The third-order valence-corrected chi connectivity index (χ3v) is 4.40. The predicted octanol–water partition coefficient (Wildman–Crippen LogP) is 3.70. The smallest absolute Gasteiger partial charge is 0.474 e. The minimum Gasteiger partial charge on any atom is -0.474 e. The number of carbonyl (C=O) groups is 1. The normalized spacial score (nSPS) is 15.5. The number of rotatable bonds is 6. The van der Waals surface area contributed by atoms with E-state index in [1.165, 1.54) is 41.6 Å². The van der Waals surface area contributed by atoms with Gasteiger partial charge in [-0.2, -0.15) is 4.98 Å². The van der Waals surface area contributed by atoms with Crippen LogP contribution in [-0.2, 0) is 0 Å². The topological polar surface area (TPSA) is 106 Å². The molecule has 0 spiro atoms. The maximum atomic E-state index is 12.2. The molecule has 0 bridgehead atoms. The summed E-state index contributed by atoms with van der Waals surface area (Å²) in [7, 11) is 0. The van der Waals surface area contributed by atoms with Gasteiger partial charge in [-0.25, -0.2) is 9.78 Å². The van der Waals surface area contributed by atoms with E-state index in [0.717, 1.165) is 0 Å². The van der Waals surface area contributed by atoms with E-state index >= 15 is 0 Å². The monoisotopic (exact) mass is 440 g/mol. The summed E-state index contributed by atoms with van der Waals surface area (Å²) in [5, 5.41) is 12.9. The van der Waals surface area contributed by atoms with Crippen LogP contribution in [0, 0.1) is 0 Å². The number of benzene rings is 1. The number of ether oxygens (including phenoxy) is 2. The Labute approximate surface area is 175 Å². The fourth-order valence-corrected chi connectivity index (χ4v) is 2.84. The van der Waals surface area contributed by atoms with Crippen molar-refractivity contribution in [3.63, 3.8) is 0 Å². The number of likely N-dealkylation sites (tertiary alicyclic amines) is 1. The summed E-state index contributed by atoms with van der Waals surface area (Å²) >= 11 is 0. The minimum absolute atomic E-state index is 0.115. The number of amides is 1. The highest BCUT2D eigenvalue weighted by Crippen LogP contribution is 2.23. The van der Waals surface area contributed by atoms with E-state index in [1.807, 2.05) is 0 Å².